The fourth-order valence-corrected chi connectivity index (χ4v) is 5.20. The third-order valence-corrected chi connectivity index (χ3v) is 7.53. The van der Waals surface area contributed by atoms with Crippen LogP contribution >= 0.6 is 31.9 Å². The quantitative estimate of drug-likeness (QED) is 0.282. The van der Waals surface area contributed by atoms with Crippen molar-refractivity contribution < 1.29 is 8.42 Å². The lowest BCUT2D eigenvalue weighted by Gasteiger charge is -2.13. The second-order valence-electron chi connectivity index (χ2n) is 10.1. The van der Waals surface area contributed by atoms with E-state index in [0.717, 1.165) is 17.3 Å². The standard InChI is InChI=1S/C13H17BrN4O.C11H12BrN3O3S.C3H9N/c1-5-18-11-9(6-10(14)12(18)19)8(4)16-13(17-11)15-7(2)3;1-4-15-9-7(5-8(12)10(15)16)6(2)13-11(14-9)19(3,17)18;1-3(2)4/h6-7H,5H2,1-4H3,(H,15,16,17);5H,4H2,1-3H3;3H,4H2,1-2H3. The highest BCUT2D eigenvalue weighted by Crippen LogP contribution is 2.21. The first-order chi connectivity index (χ1) is 19.4. The van der Waals surface area contributed by atoms with Gasteiger partial charge in [0.05, 0.1) is 20.3 Å². The normalized spacial score (nSPS) is 11.4. The third kappa shape index (κ3) is 8.64. The molecule has 4 aromatic heterocycles. The summed E-state index contributed by atoms with van der Waals surface area (Å²) in [6.07, 6.45) is 1.04. The van der Waals surface area contributed by atoms with E-state index in [0.29, 0.717) is 56.4 Å². The summed E-state index contributed by atoms with van der Waals surface area (Å²) in [5.74, 6) is 0.559. The highest BCUT2D eigenvalue weighted by Gasteiger charge is 2.17. The van der Waals surface area contributed by atoms with Gasteiger partial charge >= 0.3 is 0 Å². The van der Waals surface area contributed by atoms with E-state index in [-0.39, 0.29) is 22.3 Å². The molecule has 0 aliphatic rings. The van der Waals surface area contributed by atoms with Gasteiger partial charge in [0.1, 0.15) is 11.3 Å². The molecule has 4 heterocycles. The van der Waals surface area contributed by atoms with E-state index in [9.17, 15) is 18.0 Å². The van der Waals surface area contributed by atoms with Crippen molar-refractivity contribution in [3.63, 3.8) is 0 Å². The molecular formula is C27H38Br2N8O4S. The number of aryl methyl sites for hydroxylation is 4. The number of nitrogens with one attached hydrogen (secondary N) is 1. The average Bonchev–Trinajstić information content (AvgIpc) is 2.86. The van der Waals surface area contributed by atoms with Gasteiger partial charge in [-0.25, -0.2) is 18.4 Å². The molecule has 0 aliphatic heterocycles. The number of hydrogen-bond donors (Lipinski definition) is 2. The molecule has 0 unspecified atom stereocenters. The molecule has 0 amide bonds. The Balaban J connectivity index is 0.000000261. The number of aromatic nitrogens is 6. The molecule has 0 spiro atoms. The van der Waals surface area contributed by atoms with Crippen LogP contribution in [0.4, 0.5) is 5.95 Å². The zero-order valence-electron chi connectivity index (χ0n) is 25.3. The Labute approximate surface area is 262 Å². The van der Waals surface area contributed by atoms with Crippen LogP contribution in [0.3, 0.4) is 0 Å². The summed E-state index contributed by atoms with van der Waals surface area (Å²) in [7, 11) is -3.51. The molecule has 0 radical (unpaired) electrons. The summed E-state index contributed by atoms with van der Waals surface area (Å²) in [4.78, 5) is 41.0. The lowest BCUT2D eigenvalue weighted by molar-refractivity contribution is 0.592. The van der Waals surface area contributed by atoms with Gasteiger partial charge in [-0.05, 0) is 91.6 Å². The van der Waals surface area contributed by atoms with Crippen molar-refractivity contribution in [2.45, 2.75) is 85.7 Å². The lowest BCUT2D eigenvalue weighted by Crippen LogP contribution is -2.22. The van der Waals surface area contributed by atoms with Gasteiger partial charge in [-0.1, -0.05) is 13.8 Å². The molecular weight excluding hydrogens is 692 g/mol. The zero-order chi connectivity index (χ0) is 32.1. The van der Waals surface area contributed by atoms with Gasteiger partial charge in [0.15, 0.2) is 0 Å². The fourth-order valence-electron chi connectivity index (χ4n) is 3.76. The summed E-state index contributed by atoms with van der Waals surface area (Å²) in [6.45, 7) is 16.3. The van der Waals surface area contributed by atoms with E-state index in [1.54, 1.807) is 30.5 Å². The number of rotatable bonds is 5. The van der Waals surface area contributed by atoms with E-state index in [1.807, 2.05) is 41.5 Å². The number of fused-ring (bicyclic) bond motifs is 2. The number of anilines is 1. The van der Waals surface area contributed by atoms with E-state index < -0.39 is 9.84 Å². The second-order valence-corrected chi connectivity index (χ2v) is 13.7. The minimum atomic E-state index is -3.51. The van der Waals surface area contributed by atoms with Crippen LogP contribution in [-0.2, 0) is 22.9 Å². The Hall–Kier alpha value is -2.75. The molecule has 0 aromatic carbocycles. The maximum absolute atomic E-state index is 12.1. The smallest absolute Gasteiger partial charge is 0.266 e. The van der Waals surface area contributed by atoms with Crippen molar-refractivity contribution in [2.24, 2.45) is 5.73 Å². The van der Waals surface area contributed by atoms with Crippen molar-refractivity contribution in [3.8, 4) is 0 Å². The van der Waals surface area contributed by atoms with Crippen LogP contribution in [0.2, 0.25) is 0 Å². The van der Waals surface area contributed by atoms with Crippen molar-refractivity contribution in [1.82, 2.24) is 29.1 Å². The monoisotopic (exact) mass is 728 g/mol. The SMILES string of the molecule is CC(C)N.CCn1c(=O)c(Br)cc2c(C)nc(NC(C)C)nc21.CCn1c(=O)c(Br)cc2c(C)nc(S(C)(=O)=O)nc21. The predicted molar refractivity (Wildman–Crippen MR) is 175 cm³/mol. The largest absolute Gasteiger partial charge is 0.352 e. The van der Waals surface area contributed by atoms with Gasteiger partial charge < -0.3 is 11.1 Å². The Kier molecular flexibility index (Phi) is 12.3. The van der Waals surface area contributed by atoms with Gasteiger partial charge in [0, 0.05) is 36.2 Å². The van der Waals surface area contributed by atoms with E-state index in [1.165, 1.54) is 4.57 Å². The molecule has 3 N–H and O–H groups in total. The minimum absolute atomic E-state index is 0.0661. The van der Waals surface area contributed by atoms with Gasteiger partial charge in [-0.3, -0.25) is 18.7 Å². The maximum atomic E-state index is 12.1. The van der Waals surface area contributed by atoms with Gasteiger partial charge in [-0.15, -0.1) is 0 Å². The van der Waals surface area contributed by atoms with Crippen LogP contribution in [0, 0.1) is 13.8 Å². The van der Waals surface area contributed by atoms with Crippen LogP contribution in [-0.4, -0.2) is 55.8 Å². The summed E-state index contributed by atoms with van der Waals surface area (Å²) < 4.78 is 27.1. The topological polar surface area (TPSA) is 168 Å². The summed E-state index contributed by atoms with van der Waals surface area (Å²) in [5.41, 5.74) is 7.19. The van der Waals surface area contributed by atoms with Crippen molar-refractivity contribution >= 4 is 69.7 Å². The second kappa shape index (κ2) is 14.6. The molecule has 0 fully saturated rings. The first-order valence-corrected chi connectivity index (χ1v) is 16.8. The summed E-state index contributed by atoms with van der Waals surface area (Å²) >= 11 is 6.49. The minimum Gasteiger partial charge on any atom is -0.352 e. The Morgan fingerprint density at radius 1 is 0.833 bits per heavy atom. The average molecular weight is 731 g/mol. The van der Waals surface area contributed by atoms with Crippen LogP contribution in [0.1, 0.15) is 52.9 Å². The molecule has 4 rings (SSSR count). The van der Waals surface area contributed by atoms with E-state index in [4.69, 9.17) is 5.73 Å². The molecule has 230 valence electrons. The number of halogens is 2. The predicted octanol–water partition coefficient (Wildman–Crippen LogP) is 4.34. The molecule has 0 saturated heterocycles. The first-order valence-electron chi connectivity index (χ1n) is 13.3. The highest BCUT2D eigenvalue weighted by molar-refractivity contribution is 9.10. The Morgan fingerprint density at radius 3 is 1.62 bits per heavy atom. The number of nitrogens with two attached hydrogens (primary N) is 1. The van der Waals surface area contributed by atoms with Gasteiger partial charge in [0.25, 0.3) is 11.1 Å². The van der Waals surface area contributed by atoms with Crippen molar-refractivity contribution in [1.29, 1.82) is 0 Å². The molecule has 0 aliphatic carbocycles. The number of nitrogens with zero attached hydrogens (tertiary/aromatic N) is 6. The molecule has 42 heavy (non-hydrogen) atoms. The van der Waals surface area contributed by atoms with Crippen LogP contribution < -0.4 is 22.2 Å². The Bertz CT molecular complexity index is 1820. The Morgan fingerprint density at radius 2 is 1.24 bits per heavy atom. The number of sulfone groups is 1. The summed E-state index contributed by atoms with van der Waals surface area (Å²) in [5, 5.41) is 4.46. The van der Waals surface area contributed by atoms with E-state index in [2.05, 4.69) is 57.1 Å². The molecule has 15 heteroatoms. The molecule has 4 aromatic rings. The lowest BCUT2D eigenvalue weighted by atomic mass is 10.2. The summed E-state index contributed by atoms with van der Waals surface area (Å²) in [6, 6.07) is 3.98. The molecule has 12 nitrogen and oxygen atoms in total. The van der Waals surface area contributed by atoms with E-state index >= 15 is 0 Å². The highest BCUT2D eigenvalue weighted by atomic mass is 79.9. The van der Waals surface area contributed by atoms with Gasteiger partial charge in [0.2, 0.25) is 20.9 Å². The third-order valence-electron chi connectivity index (χ3n) is 5.55. The maximum Gasteiger partial charge on any atom is 0.266 e. The first kappa shape index (κ1) is 35.4. The molecule has 0 saturated carbocycles. The van der Waals surface area contributed by atoms with Crippen molar-refractivity contribution in [2.75, 3.05) is 11.6 Å². The van der Waals surface area contributed by atoms with Crippen LogP contribution in [0.25, 0.3) is 22.1 Å². The number of hydrogen-bond acceptors (Lipinski definition) is 10. The zero-order valence-corrected chi connectivity index (χ0v) is 29.3. The fraction of sp³-hybridized carbons (Fsp3) is 0.481. The van der Waals surface area contributed by atoms with Crippen LogP contribution in [0.15, 0.2) is 35.8 Å². The van der Waals surface area contributed by atoms with Gasteiger partial charge in [-0.2, -0.15) is 9.97 Å². The molecule has 0 bridgehead atoms. The molecule has 0 atom stereocenters. The van der Waals surface area contributed by atoms with Crippen LogP contribution in [0.5, 0.6) is 0 Å². The van der Waals surface area contributed by atoms with Crippen molar-refractivity contribution in [3.05, 3.63) is 53.2 Å². The number of pyridine rings is 2.